The van der Waals surface area contributed by atoms with Gasteiger partial charge >= 0.3 is 0 Å². The molecule has 2 heterocycles. The topological polar surface area (TPSA) is 77.6 Å². The van der Waals surface area contributed by atoms with Crippen LogP contribution in [0.4, 0.5) is 5.69 Å². The van der Waals surface area contributed by atoms with Crippen LogP contribution in [-0.4, -0.2) is 30.5 Å². The van der Waals surface area contributed by atoms with Gasteiger partial charge in [0.15, 0.2) is 0 Å². The molecular weight excluding hydrogens is 364 g/mol. The van der Waals surface area contributed by atoms with Gasteiger partial charge in [0.2, 0.25) is 0 Å². The molecule has 7 nitrogen and oxygen atoms in total. The van der Waals surface area contributed by atoms with Crippen LogP contribution < -0.4 is 5.32 Å². The summed E-state index contributed by atoms with van der Waals surface area (Å²) in [7, 11) is 0. The van der Waals surface area contributed by atoms with Crippen molar-refractivity contribution in [3.05, 3.63) is 89.7 Å². The molecule has 0 fully saturated rings. The van der Waals surface area contributed by atoms with Gasteiger partial charge in [-0.05, 0) is 35.9 Å². The lowest BCUT2D eigenvalue weighted by atomic mass is 10.2. The maximum Gasteiger partial charge on any atom is 0.258 e. The lowest BCUT2D eigenvalue weighted by Crippen LogP contribution is -2.11. The first-order valence-corrected chi connectivity index (χ1v) is 8.58. The Kier molecular flexibility index (Phi) is 4.67. The van der Waals surface area contributed by atoms with Gasteiger partial charge in [0.25, 0.3) is 5.91 Å². The maximum atomic E-state index is 12.5. The molecule has 134 valence electrons. The Hall–Kier alpha value is -3.45. The predicted octanol–water partition coefficient (Wildman–Crippen LogP) is 3.42. The lowest BCUT2D eigenvalue weighted by molar-refractivity contribution is 0.102. The number of hydrogen-bond donors (Lipinski definition) is 1. The molecule has 0 aliphatic rings. The molecule has 0 saturated heterocycles. The Bertz CT molecular complexity index is 1060. The largest absolute Gasteiger partial charge is 0.322 e. The number of nitrogens with zero attached hydrogens (tertiary/aromatic N) is 5. The molecule has 8 heteroatoms. The number of amides is 1. The number of anilines is 1. The number of aromatic nitrogens is 5. The Morgan fingerprint density at radius 1 is 1.11 bits per heavy atom. The summed E-state index contributed by atoms with van der Waals surface area (Å²) in [6, 6.07) is 14.9. The number of hydrogen-bond acceptors (Lipinski definition) is 4. The van der Waals surface area contributed by atoms with Crippen LogP contribution in [0.5, 0.6) is 0 Å². The summed E-state index contributed by atoms with van der Waals surface area (Å²) >= 11 is 6.00. The molecule has 2 aromatic heterocycles. The van der Waals surface area contributed by atoms with Gasteiger partial charge in [-0.25, -0.2) is 14.3 Å². The first-order chi connectivity index (χ1) is 13.2. The molecule has 27 heavy (non-hydrogen) atoms. The van der Waals surface area contributed by atoms with E-state index in [4.69, 9.17) is 11.6 Å². The van der Waals surface area contributed by atoms with E-state index in [2.05, 4.69) is 20.5 Å². The SMILES string of the molecule is O=C(Nc1ccc(Cn2cncn2)cc1)c1cnn(-c2cccc(Cl)c2)c1. The third-order valence-electron chi connectivity index (χ3n) is 3.94. The normalized spacial score (nSPS) is 10.7. The molecule has 0 aliphatic heterocycles. The molecule has 4 rings (SSSR count). The van der Waals surface area contributed by atoms with E-state index in [0.717, 1.165) is 11.3 Å². The average molecular weight is 379 g/mol. The third-order valence-corrected chi connectivity index (χ3v) is 4.18. The summed E-state index contributed by atoms with van der Waals surface area (Å²) < 4.78 is 3.35. The monoisotopic (exact) mass is 378 g/mol. The molecule has 0 aliphatic carbocycles. The van der Waals surface area contributed by atoms with E-state index in [0.29, 0.717) is 22.8 Å². The van der Waals surface area contributed by atoms with Crippen LogP contribution in [0.25, 0.3) is 5.69 Å². The standard InChI is InChI=1S/C19H15ClN6O/c20-16-2-1-3-18(8-16)26-11-15(9-22-26)19(27)24-17-6-4-14(5-7-17)10-25-13-21-12-23-25/h1-9,11-13H,10H2,(H,24,27). The molecule has 0 radical (unpaired) electrons. The Labute approximate surface area is 160 Å². The van der Waals surface area contributed by atoms with Gasteiger partial charge in [-0.1, -0.05) is 29.8 Å². The average Bonchev–Trinajstić information content (AvgIpc) is 3.35. The predicted molar refractivity (Wildman–Crippen MR) is 102 cm³/mol. The van der Waals surface area contributed by atoms with Gasteiger partial charge in [0.05, 0.1) is 24.0 Å². The van der Waals surface area contributed by atoms with Gasteiger partial charge in [0, 0.05) is 16.9 Å². The molecular formula is C19H15ClN6O. The number of rotatable bonds is 5. The van der Waals surface area contributed by atoms with Gasteiger partial charge in [-0.2, -0.15) is 10.2 Å². The molecule has 0 atom stereocenters. The highest BCUT2D eigenvalue weighted by Crippen LogP contribution is 2.16. The molecule has 1 N–H and O–H groups in total. The minimum Gasteiger partial charge on any atom is -0.322 e. The van der Waals surface area contributed by atoms with Crippen LogP contribution in [0.1, 0.15) is 15.9 Å². The fourth-order valence-electron chi connectivity index (χ4n) is 2.60. The second-order valence-electron chi connectivity index (χ2n) is 5.90. The maximum absolute atomic E-state index is 12.5. The van der Waals surface area contributed by atoms with Crippen LogP contribution >= 0.6 is 11.6 Å². The van der Waals surface area contributed by atoms with Crippen molar-refractivity contribution in [2.75, 3.05) is 5.32 Å². The third kappa shape index (κ3) is 4.04. The van der Waals surface area contributed by atoms with Crippen molar-refractivity contribution in [3.63, 3.8) is 0 Å². The minimum atomic E-state index is -0.229. The van der Waals surface area contributed by atoms with Gasteiger partial charge in [-0.3, -0.25) is 4.79 Å². The zero-order valence-electron chi connectivity index (χ0n) is 14.2. The zero-order chi connectivity index (χ0) is 18.6. The van der Waals surface area contributed by atoms with E-state index < -0.39 is 0 Å². The number of halogens is 1. The van der Waals surface area contributed by atoms with Crippen molar-refractivity contribution in [2.45, 2.75) is 6.54 Å². The summed E-state index contributed by atoms with van der Waals surface area (Å²) in [5, 5.41) is 11.8. The van der Waals surface area contributed by atoms with Crippen LogP contribution in [0, 0.1) is 0 Å². The molecule has 0 bridgehead atoms. The summed E-state index contributed by atoms with van der Waals surface area (Å²) in [5.41, 5.74) is 3.02. The smallest absolute Gasteiger partial charge is 0.258 e. The second kappa shape index (κ2) is 7.43. The first kappa shape index (κ1) is 17.0. The molecule has 4 aromatic rings. The quantitative estimate of drug-likeness (QED) is 0.577. The molecule has 0 saturated carbocycles. The highest BCUT2D eigenvalue weighted by Gasteiger charge is 2.10. The zero-order valence-corrected chi connectivity index (χ0v) is 14.9. The highest BCUT2D eigenvalue weighted by atomic mass is 35.5. The van der Waals surface area contributed by atoms with Crippen molar-refractivity contribution in [1.29, 1.82) is 0 Å². The Morgan fingerprint density at radius 3 is 2.70 bits per heavy atom. The van der Waals surface area contributed by atoms with Crippen LogP contribution in [0.2, 0.25) is 5.02 Å². The van der Waals surface area contributed by atoms with Gasteiger partial charge in [0.1, 0.15) is 12.7 Å². The fraction of sp³-hybridized carbons (Fsp3) is 0.0526. The summed E-state index contributed by atoms with van der Waals surface area (Å²) in [6.07, 6.45) is 6.35. The van der Waals surface area contributed by atoms with Crippen molar-refractivity contribution in [2.24, 2.45) is 0 Å². The molecule has 2 aromatic carbocycles. The van der Waals surface area contributed by atoms with Crippen LogP contribution in [0.15, 0.2) is 73.6 Å². The van der Waals surface area contributed by atoms with Gasteiger partial charge in [-0.15, -0.1) is 0 Å². The number of benzene rings is 2. The number of nitrogens with one attached hydrogen (secondary N) is 1. The summed E-state index contributed by atoms with van der Waals surface area (Å²) in [4.78, 5) is 16.4. The Morgan fingerprint density at radius 2 is 1.96 bits per heavy atom. The van der Waals surface area contributed by atoms with E-state index in [1.807, 2.05) is 36.4 Å². The molecule has 0 spiro atoms. The van der Waals surface area contributed by atoms with E-state index in [1.54, 1.807) is 34.0 Å². The summed E-state index contributed by atoms with van der Waals surface area (Å²) in [6.45, 7) is 0.626. The minimum absolute atomic E-state index is 0.229. The number of carbonyl (C=O) groups is 1. The molecule has 1 amide bonds. The highest BCUT2D eigenvalue weighted by molar-refractivity contribution is 6.30. The second-order valence-corrected chi connectivity index (χ2v) is 6.33. The number of carbonyl (C=O) groups excluding carboxylic acids is 1. The Balaban J connectivity index is 1.43. The van der Waals surface area contributed by atoms with E-state index >= 15 is 0 Å². The molecule has 0 unspecified atom stereocenters. The van der Waals surface area contributed by atoms with Gasteiger partial charge < -0.3 is 5.32 Å². The van der Waals surface area contributed by atoms with Crippen molar-refractivity contribution in [3.8, 4) is 5.69 Å². The fourth-order valence-corrected chi connectivity index (χ4v) is 2.78. The van der Waals surface area contributed by atoms with Crippen molar-refractivity contribution >= 4 is 23.2 Å². The van der Waals surface area contributed by atoms with Crippen molar-refractivity contribution in [1.82, 2.24) is 24.5 Å². The first-order valence-electron chi connectivity index (χ1n) is 8.21. The van der Waals surface area contributed by atoms with E-state index in [1.165, 1.54) is 12.5 Å². The van der Waals surface area contributed by atoms with Crippen LogP contribution in [-0.2, 0) is 6.54 Å². The van der Waals surface area contributed by atoms with E-state index in [-0.39, 0.29) is 5.91 Å². The van der Waals surface area contributed by atoms with Crippen molar-refractivity contribution < 1.29 is 4.79 Å². The lowest BCUT2D eigenvalue weighted by Gasteiger charge is -2.06. The van der Waals surface area contributed by atoms with E-state index in [9.17, 15) is 4.79 Å². The van der Waals surface area contributed by atoms with Crippen LogP contribution in [0.3, 0.4) is 0 Å². The summed E-state index contributed by atoms with van der Waals surface area (Å²) in [5.74, 6) is -0.229.